The zero-order valence-corrected chi connectivity index (χ0v) is 8.37. The van der Waals surface area contributed by atoms with Crippen molar-refractivity contribution in [3.05, 3.63) is 21.9 Å². The molecular formula is C10H16S. The minimum Gasteiger partial charge on any atom is -0.152 e. The molecule has 1 unspecified atom stereocenters. The molecule has 0 fully saturated rings. The molecule has 0 radical (unpaired) electrons. The van der Waals surface area contributed by atoms with Crippen LogP contribution in [0.2, 0.25) is 0 Å². The Labute approximate surface area is 73.3 Å². The molecule has 0 N–H and O–H groups in total. The molecule has 0 bridgehead atoms. The van der Waals surface area contributed by atoms with Crippen LogP contribution in [0.15, 0.2) is 10.8 Å². The first-order valence-electron chi connectivity index (χ1n) is 4.34. The van der Waals surface area contributed by atoms with Gasteiger partial charge < -0.3 is 0 Å². The van der Waals surface area contributed by atoms with Crippen LogP contribution >= 0.6 is 11.3 Å². The summed E-state index contributed by atoms with van der Waals surface area (Å²) in [6.45, 7) is 6.79. The van der Waals surface area contributed by atoms with E-state index < -0.39 is 0 Å². The highest BCUT2D eigenvalue weighted by atomic mass is 32.1. The van der Waals surface area contributed by atoms with Gasteiger partial charge in [-0.3, -0.25) is 0 Å². The maximum absolute atomic E-state index is 2.31. The van der Waals surface area contributed by atoms with Gasteiger partial charge in [-0.25, -0.2) is 0 Å². The van der Waals surface area contributed by atoms with Crippen molar-refractivity contribution in [1.29, 1.82) is 0 Å². The van der Waals surface area contributed by atoms with Crippen molar-refractivity contribution in [2.45, 2.75) is 39.5 Å². The first-order valence-corrected chi connectivity index (χ1v) is 5.28. The van der Waals surface area contributed by atoms with Gasteiger partial charge in [-0.05, 0) is 40.6 Å². The standard InChI is InChI=1S/C10H16S/c1-4-8(3)10-7-11-6-9(10)5-2/h6-8H,4-5H2,1-3H3. The molecule has 0 nitrogen and oxygen atoms in total. The van der Waals surface area contributed by atoms with E-state index in [0.717, 1.165) is 5.92 Å². The number of aryl methyl sites for hydroxylation is 1. The summed E-state index contributed by atoms with van der Waals surface area (Å²) in [7, 11) is 0. The third-order valence-electron chi connectivity index (χ3n) is 2.30. The van der Waals surface area contributed by atoms with Crippen LogP contribution in [0.4, 0.5) is 0 Å². The molecule has 0 saturated heterocycles. The summed E-state index contributed by atoms with van der Waals surface area (Å²) in [6.07, 6.45) is 2.44. The lowest BCUT2D eigenvalue weighted by Crippen LogP contribution is -1.92. The molecule has 1 aromatic heterocycles. The molecule has 0 aliphatic heterocycles. The molecule has 0 aliphatic carbocycles. The predicted molar refractivity (Wildman–Crippen MR) is 52.4 cm³/mol. The average molecular weight is 168 g/mol. The molecule has 0 spiro atoms. The second-order valence-electron chi connectivity index (χ2n) is 3.02. The molecule has 11 heavy (non-hydrogen) atoms. The third-order valence-corrected chi connectivity index (χ3v) is 3.11. The average Bonchev–Trinajstić information content (AvgIpc) is 2.50. The van der Waals surface area contributed by atoms with Crippen molar-refractivity contribution < 1.29 is 0 Å². The summed E-state index contributed by atoms with van der Waals surface area (Å²) < 4.78 is 0. The summed E-state index contributed by atoms with van der Waals surface area (Å²) in [5, 5.41) is 4.58. The Morgan fingerprint density at radius 1 is 1.36 bits per heavy atom. The molecule has 62 valence electrons. The molecule has 1 aromatic rings. The summed E-state index contributed by atoms with van der Waals surface area (Å²) in [6, 6.07) is 0. The van der Waals surface area contributed by atoms with E-state index in [1.54, 1.807) is 11.1 Å². The zero-order valence-electron chi connectivity index (χ0n) is 7.55. The molecule has 1 atom stereocenters. The molecule has 0 amide bonds. The lowest BCUT2D eigenvalue weighted by Gasteiger charge is -2.08. The van der Waals surface area contributed by atoms with Crippen molar-refractivity contribution in [2.24, 2.45) is 0 Å². The SMILES string of the molecule is CCc1cscc1C(C)CC. The van der Waals surface area contributed by atoms with Crippen molar-refractivity contribution in [3.8, 4) is 0 Å². The van der Waals surface area contributed by atoms with E-state index in [0.29, 0.717) is 0 Å². The lowest BCUT2D eigenvalue weighted by atomic mass is 9.97. The van der Waals surface area contributed by atoms with E-state index in [9.17, 15) is 0 Å². The van der Waals surface area contributed by atoms with Crippen molar-refractivity contribution >= 4 is 11.3 Å². The van der Waals surface area contributed by atoms with Crippen LogP contribution in [0.25, 0.3) is 0 Å². The van der Waals surface area contributed by atoms with Gasteiger partial charge in [-0.2, -0.15) is 11.3 Å². The monoisotopic (exact) mass is 168 g/mol. The largest absolute Gasteiger partial charge is 0.152 e. The van der Waals surface area contributed by atoms with E-state index >= 15 is 0 Å². The first-order chi connectivity index (χ1) is 5.29. The fourth-order valence-corrected chi connectivity index (χ4v) is 2.34. The highest BCUT2D eigenvalue weighted by molar-refractivity contribution is 7.08. The van der Waals surface area contributed by atoms with Crippen LogP contribution in [0.5, 0.6) is 0 Å². The molecule has 0 aliphatic rings. The topological polar surface area (TPSA) is 0 Å². The lowest BCUT2D eigenvalue weighted by molar-refractivity contribution is 0.727. The Kier molecular flexibility index (Phi) is 3.13. The quantitative estimate of drug-likeness (QED) is 0.643. The Balaban J connectivity index is 2.83. The molecule has 1 rings (SSSR count). The van der Waals surface area contributed by atoms with Crippen LogP contribution < -0.4 is 0 Å². The normalized spacial score (nSPS) is 13.4. The summed E-state index contributed by atoms with van der Waals surface area (Å²) in [4.78, 5) is 0. The van der Waals surface area contributed by atoms with Gasteiger partial charge >= 0.3 is 0 Å². The maximum atomic E-state index is 2.31. The van der Waals surface area contributed by atoms with Gasteiger partial charge in [0.25, 0.3) is 0 Å². The van der Waals surface area contributed by atoms with Crippen LogP contribution in [0.1, 0.15) is 44.2 Å². The second kappa shape index (κ2) is 3.91. The minimum atomic E-state index is 0.746. The fourth-order valence-electron chi connectivity index (χ4n) is 1.27. The van der Waals surface area contributed by atoms with Gasteiger partial charge in [0.1, 0.15) is 0 Å². The Hall–Kier alpha value is -0.300. The Bertz CT molecular complexity index is 212. The Morgan fingerprint density at radius 2 is 2.09 bits per heavy atom. The highest BCUT2D eigenvalue weighted by Gasteiger charge is 2.07. The van der Waals surface area contributed by atoms with Gasteiger partial charge in [0.15, 0.2) is 0 Å². The van der Waals surface area contributed by atoms with Crippen LogP contribution in [0.3, 0.4) is 0 Å². The van der Waals surface area contributed by atoms with Gasteiger partial charge in [-0.15, -0.1) is 0 Å². The van der Waals surface area contributed by atoms with Crippen LogP contribution in [-0.2, 0) is 6.42 Å². The minimum absolute atomic E-state index is 0.746. The van der Waals surface area contributed by atoms with Gasteiger partial charge in [-0.1, -0.05) is 20.8 Å². The number of thiophene rings is 1. The van der Waals surface area contributed by atoms with E-state index in [4.69, 9.17) is 0 Å². The van der Waals surface area contributed by atoms with Gasteiger partial charge in [0.2, 0.25) is 0 Å². The van der Waals surface area contributed by atoms with E-state index in [-0.39, 0.29) is 0 Å². The zero-order chi connectivity index (χ0) is 8.27. The molecule has 0 aromatic carbocycles. The van der Waals surface area contributed by atoms with E-state index in [1.165, 1.54) is 12.8 Å². The van der Waals surface area contributed by atoms with Gasteiger partial charge in [0, 0.05) is 0 Å². The first kappa shape index (κ1) is 8.79. The number of hydrogen-bond acceptors (Lipinski definition) is 1. The van der Waals surface area contributed by atoms with Crippen LogP contribution in [0, 0.1) is 0 Å². The molecule has 1 heteroatoms. The summed E-state index contributed by atoms with van der Waals surface area (Å²) >= 11 is 1.83. The van der Waals surface area contributed by atoms with Crippen LogP contribution in [-0.4, -0.2) is 0 Å². The molecule has 1 heterocycles. The van der Waals surface area contributed by atoms with Crippen molar-refractivity contribution in [1.82, 2.24) is 0 Å². The summed E-state index contributed by atoms with van der Waals surface area (Å²) in [5.41, 5.74) is 3.12. The third kappa shape index (κ3) is 1.84. The predicted octanol–water partition coefficient (Wildman–Crippen LogP) is 3.82. The number of rotatable bonds is 3. The smallest absolute Gasteiger partial charge is 0.00557 e. The van der Waals surface area contributed by atoms with Crippen molar-refractivity contribution in [3.63, 3.8) is 0 Å². The van der Waals surface area contributed by atoms with Gasteiger partial charge in [0.05, 0.1) is 0 Å². The molecule has 0 saturated carbocycles. The fraction of sp³-hybridized carbons (Fsp3) is 0.600. The Morgan fingerprint density at radius 3 is 2.64 bits per heavy atom. The maximum Gasteiger partial charge on any atom is -0.00557 e. The highest BCUT2D eigenvalue weighted by Crippen LogP contribution is 2.26. The number of hydrogen-bond donors (Lipinski definition) is 0. The molecular weight excluding hydrogens is 152 g/mol. The summed E-state index contributed by atoms with van der Waals surface area (Å²) in [5.74, 6) is 0.746. The second-order valence-corrected chi connectivity index (χ2v) is 3.76. The van der Waals surface area contributed by atoms with E-state index in [2.05, 4.69) is 31.5 Å². The van der Waals surface area contributed by atoms with E-state index in [1.807, 2.05) is 11.3 Å². The van der Waals surface area contributed by atoms with Crippen molar-refractivity contribution in [2.75, 3.05) is 0 Å².